The molecule has 0 aliphatic carbocycles. The van der Waals surface area contributed by atoms with E-state index in [2.05, 4.69) is 11.1 Å². The van der Waals surface area contributed by atoms with E-state index in [1.807, 2.05) is 13.8 Å². The second-order valence-electron chi connectivity index (χ2n) is 2.74. The molecule has 0 saturated carbocycles. The summed E-state index contributed by atoms with van der Waals surface area (Å²) in [5.41, 5.74) is 0.373. The maximum absolute atomic E-state index is 11.8. The molecule has 1 radical (unpaired) electrons. The lowest BCUT2D eigenvalue weighted by molar-refractivity contribution is 0.0767. The van der Waals surface area contributed by atoms with Gasteiger partial charge in [-0.2, -0.15) is 0 Å². The highest BCUT2D eigenvalue weighted by Crippen LogP contribution is 2.06. The molecule has 1 aromatic rings. The summed E-state index contributed by atoms with van der Waals surface area (Å²) in [5, 5.41) is 0.225. The Hall–Kier alpha value is -1.09. The highest BCUT2D eigenvalue weighted by molar-refractivity contribution is 6.29. The predicted molar refractivity (Wildman–Crippen MR) is 55.3 cm³/mol. The zero-order valence-electron chi connectivity index (χ0n) is 8.25. The zero-order valence-corrected chi connectivity index (χ0v) is 9.01. The maximum atomic E-state index is 11.8. The Kier molecular flexibility index (Phi) is 3.89. The molecule has 0 aliphatic heterocycles. The fraction of sp³-hybridized carbons (Fsp3) is 0.400. The van der Waals surface area contributed by atoms with Crippen LogP contribution in [0, 0.1) is 6.07 Å². The van der Waals surface area contributed by atoms with E-state index >= 15 is 0 Å². The van der Waals surface area contributed by atoms with Crippen molar-refractivity contribution in [3.63, 3.8) is 0 Å². The average Bonchev–Trinajstić information content (AvgIpc) is 2.19. The Morgan fingerprint density at radius 2 is 2.21 bits per heavy atom. The van der Waals surface area contributed by atoms with Crippen LogP contribution in [-0.4, -0.2) is 28.9 Å². The van der Waals surface area contributed by atoms with Crippen LogP contribution in [0.2, 0.25) is 5.15 Å². The lowest BCUT2D eigenvalue weighted by Gasteiger charge is -2.17. The Bertz CT molecular complexity index is 324. The molecule has 0 unspecified atom stereocenters. The largest absolute Gasteiger partial charge is 0.338 e. The minimum Gasteiger partial charge on any atom is -0.338 e. The van der Waals surface area contributed by atoms with Gasteiger partial charge in [-0.05, 0) is 26.0 Å². The summed E-state index contributed by atoms with van der Waals surface area (Å²) >= 11 is 5.64. The first-order chi connectivity index (χ1) is 6.69. The van der Waals surface area contributed by atoms with Crippen LogP contribution in [0.4, 0.5) is 0 Å². The van der Waals surface area contributed by atoms with Gasteiger partial charge in [-0.15, -0.1) is 0 Å². The number of aromatic nitrogens is 1. The van der Waals surface area contributed by atoms with E-state index in [-0.39, 0.29) is 11.1 Å². The summed E-state index contributed by atoms with van der Waals surface area (Å²) < 4.78 is 0. The maximum Gasteiger partial charge on any atom is 0.272 e. The molecular formula is C10H12ClN2O. The van der Waals surface area contributed by atoms with Gasteiger partial charge in [0.05, 0.1) is 0 Å². The third kappa shape index (κ3) is 2.45. The van der Waals surface area contributed by atoms with Gasteiger partial charge in [-0.3, -0.25) is 4.79 Å². The molecular weight excluding hydrogens is 200 g/mol. The number of halogens is 1. The molecule has 0 aromatic carbocycles. The van der Waals surface area contributed by atoms with Crippen LogP contribution in [0.25, 0.3) is 0 Å². The highest BCUT2D eigenvalue weighted by atomic mass is 35.5. The Morgan fingerprint density at radius 1 is 1.57 bits per heavy atom. The summed E-state index contributed by atoms with van der Waals surface area (Å²) in [7, 11) is 0. The molecule has 3 nitrogen and oxygen atoms in total. The van der Waals surface area contributed by atoms with Gasteiger partial charge < -0.3 is 4.90 Å². The van der Waals surface area contributed by atoms with Crippen LogP contribution in [0.15, 0.2) is 12.1 Å². The first-order valence-corrected chi connectivity index (χ1v) is 4.90. The van der Waals surface area contributed by atoms with E-state index in [0.29, 0.717) is 18.8 Å². The highest BCUT2D eigenvalue weighted by Gasteiger charge is 2.13. The van der Waals surface area contributed by atoms with Gasteiger partial charge in [-0.25, -0.2) is 4.98 Å². The van der Waals surface area contributed by atoms with E-state index in [1.54, 1.807) is 17.0 Å². The number of carbonyl (C=O) groups is 1. The molecule has 0 bridgehead atoms. The van der Waals surface area contributed by atoms with Crippen LogP contribution in [0.3, 0.4) is 0 Å². The van der Waals surface area contributed by atoms with Crippen molar-refractivity contribution in [1.82, 2.24) is 9.88 Å². The molecule has 0 fully saturated rings. The van der Waals surface area contributed by atoms with Gasteiger partial charge >= 0.3 is 0 Å². The standard InChI is InChI=1S/C10H12ClN2O/c1-3-13(4-2)10(14)8-6-5-7-9(11)12-8/h5-6H,3-4H2,1-2H3. The molecule has 14 heavy (non-hydrogen) atoms. The van der Waals surface area contributed by atoms with E-state index in [0.717, 1.165) is 0 Å². The Balaban J connectivity index is 2.88. The second-order valence-corrected chi connectivity index (χ2v) is 3.10. The monoisotopic (exact) mass is 211 g/mol. The first-order valence-electron chi connectivity index (χ1n) is 4.52. The third-order valence-corrected chi connectivity index (χ3v) is 2.13. The van der Waals surface area contributed by atoms with Crippen molar-refractivity contribution in [2.24, 2.45) is 0 Å². The van der Waals surface area contributed by atoms with Crippen molar-refractivity contribution in [3.8, 4) is 0 Å². The SMILES string of the molecule is CCN(CC)C(=O)c1cc[c]c(Cl)n1. The van der Waals surface area contributed by atoms with Crippen molar-refractivity contribution in [2.45, 2.75) is 13.8 Å². The molecule has 75 valence electrons. The van der Waals surface area contributed by atoms with Crippen LogP contribution in [0.5, 0.6) is 0 Å². The molecule has 1 aromatic heterocycles. The van der Waals surface area contributed by atoms with Gasteiger partial charge in [0.15, 0.2) is 0 Å². The number of hydrogen-bond acceptors (Lipinski definition) is 2. The minimum atomic E-state index is -0.0918. The van der Waals surface area contributed by atoms with Crippen molar-refractivity contribution < 1.29 is 4.79 Å². The van der Waals surface area contributed by atoms with Gasteiger partial charge in [0, 0.05) is 19.2 Å². The molecule has 0 atom stereocenters. The lowest BCUT2D eigenvalue weighted by atomic mass is 10.3. The molecule has 1 rings (SSSR count). The average molecular weight is 212 g/mol. The van der Waals surface area contributed by atoms with Crippen molar-refractivity contribution in [2.75, 3.05) is 13.1 Å². The topological polar surface area (TPSA) is 33.2 Å². The number of carbonyl (C=O) groups excluding carboxylic acids is 1. The molecule has 0 saturated heterocycles. The summed E-state index contributed by atoms with van der Waals surface area (Å²) in [6, 6.07) is 5.91. The number of amides is 1. The number of pyridine rings is 1. The lowest BCUT2D eigenvalue weighted by Crippen LogP contribution is -2.31. The normalized spacial score (nSPS) is 9.93. The quantitative estimate of drug-likeness (QED) is 0.717. The number of nitrogens with zero attached hydrogens (tertiary/aromatic N) is 2. The zero-order chi connectivity index (χ0) is 10.6. The molecule has 0 N–H and O–H groups in total. The summed E-state index contributed by atoms with van der Waals surface area (Å²) in [5.74, 6) is -0.0918. The predicted octanol–water partition coefficient (Wildman–Crippen LogP) is 2.02. The van der Waals surface area contributed by atoms with Crippen molar-refractivity contribution in [3.05, 3.63) is 29.0 Å². The van der Waals surface area contributed by atoms with Crippen molar-refractivity contribution >= 4 is 17.5 Å². The first kappa shape index (κ1) is 11.0. The van der Waals surface area contributed by atoms with Gasteiger partial charge in [0.2, 0.25) is 0 Å². The van der Waals surface area contributed by atoms with Crippen LogP contribution in [-0.2, 0) is 0 Å². The summed E-state index contributed by atoms with van der Waals surface area (Å²) in [4.78, 5) is 17.4. The summed E-state index contributed by atoms with van der Waals surface area (Å²) in [6.45, 7) is 5.20. The number of rotatable bonds is 3. The minimum absolute atomic E-state index is 0.0918. The van der Waals surface area contributed by atoms with E-state index in [4.69, 9.17) is 11.6 Å². The van der Waals surface area contributed by atoms with Gasteiger partial charge in [0.25, 0.3) is 5.91 Å². The van der Waals surface area contributed by atoms with Gasteiger partial charge in [0.1, 0.15) is 10.8 Å². The molecule has 1 heterocycles. The molecule has 1 amide bonds. The van der Waals surface area contributed by atoms with E-state index < -0.39 is 0 Å². The Morgan fingerprint density at radius 3 is 2.71 bits per heavy atom. The summed E-state index contributed by atoms with van der Waals surface area (Å²) in [6.07, 6.45) is 0. The third-order valence-electron chi connectivity index (χ3n) is 1.93. The number of hydrogen-bond donors (Lipinski definition) is 0. The Labute approximate surface area is 88.7 Å². The van der Waals surface area contributed by atoms with E-state index in [1.165, 1.54) is 0 Å². The molecule has 0 aliphatic rings. The second kappa shape index (κ2) is 4.96. The smallest absolute Gasteiger partial charge is 0.272 e. The van der Waals surface area contributed by atoms with Crippen molar-refractivity contribution in [1.29, 1.82) is 0 Å². The molecule has 4 heteroatoms. The fourth-order valence-corrected chi connectivity index (χ4v) is 1.31. The van der Waals surface area contributed by atoms with Crippen LogP contribution >= 0.6 is 11.6 Å². The van der Waals surface area contributed by atoms with Crippen LogP contribution in [0.1, 0.15) is 24.3 Å². The van der Waals surface area contributed by atoms with E-state index in [9.17, 15) is 4.79 Å². The van der Waals surface area contributed by atoms with Gasteiger partial charge in [-0.1, -0.05) is 11.6 Å². The fourth-order valence-electron chi connectivity index (χ4n) is 1.16. The van der Waals surface area contributed by atoms with Crippen LogP contribution < -0.4 is 0 Å². The molecule has 0 spiro atoms.